The van der Waals surface area contributed by atoms with E-state index in [-0.39, 0.29) is 6.04 Å². The highest BCUT2D eigenvalue weighted by atomic mass is 35.5. The molecular weight excluding hydrogens is 282 g/mol. The number of nitrogens with two attached hydrogens (primary N) is 1. The van der Waals surface area contributed by atoms with Crippen molar-refractivity contribution in [2.24, 2.45) is 5.73 Å². The molecule has 3 heteroatoms. The Morgan fingerprint density at radius 2 is 1.52 bits per heavy atom. The van der Waals surface area contributed by atoms with E-state index in [0.29, 0.717) is 6.61 Å². The van der Waals surface area contributed by atoms with Gasteiger partial charge in [-0.25, -0.2) is 0 Å². The molecule has 0 amide bonds. The van der Waals surface area contributed by atoms with Gasteiger partial charge in [0.2, 0.25) is 0 Å². The maximum Gasteiger partial charge on any atom is 0.127 e. The Balaban J connectivity index is 1.81. The molecule has 21 heavy (non-hydrogen) atoms. The molecule has 2 nitrogen and oxygen atoms in total. The van der Waals surface area contributed by atoms with E-state index in [1.165, 1.54) is 0 Å². The summed E-state index contributed by atoms with van der Waals surface area (Å²) in [4.78, 5) is 0. The van der Waals surface area contributed by atoms with Gasteiger partial charge >= 0.3 is 0 Å². The minimum atomic E-state index is -0.152. The molecule has 3 rings (SSSR count). The molecule has 0 aromatic heterocycles. The molecule has 1 atom stereocenters. The second kappa shape index (κ2) is 6.17. The van der Waals surface area contributed by atoms with Gasteiger partial charge in [0, 0.05) is 15.8 Å². The molecule has 0 heterocycles. The first-order valence-corrected chi connectivity index (χ1v) is 7.24. The zero-order valence-electron chi connectivity index (χ0n) is 11.5. The van der Waals surface area contributed by atoms with Gasteiger partial charge in [-0.05, 0) is 17.7 Å². The van der Waals surface area contributed by atoms with Crippen LogP contribution >= 0.6 is 11.6 Å². The van der Waals surface area contributed by atoms with Crippen molar-refractivity contribution in [2.45, 2.75) is 6.04 Å². The summed E-state index contributed by atoms with van der Waals surface area (Å²) in [5.41, 5.74) is 7.23. The van der Waals surface area contributed by atoms with E-state index in [4.69, 9.17) is 22.1 Å². The molecular formula is C18H16ClNO. The topological polar surface area (TPSA) is 35.2 Å². The Hall–Kier alpha value is -2.03. The zero-order chi connectivity index (χ0) is 14.7. The van der Waals surface area contributed by atoms with Crippen LogP contribution in [0.15, 0.2) is 66.7 Å². The molecule has 1 unspecified atom stereocenters. The third-order valence-corrected chi connectivity index (χ3v) is 3.81. The van der Waals surface area contributed by atoms with Crippen molar-refractivity contribution in [1.82, 2.24) is 0 Å². The molecule has 0 spiro atoms. The molecule has 0 aliphatic heterocycles. The second-order valence-corrected chi connectivity index (χ2v) is 5.33. The Kier molecular flexibility index (Phi) is 4.09. The number of ether oxygens (including phenoxy) is 1. The molecule has 0 fully saturated rings. The monoisotopic (exact) mass is 297 g/mol. The minimum absolute atomic E-state index is 0.152. The summed E-state index contributed by atoms with van der Waals surface area (Å²) in [6.45, 7) is 0.426. The standard InChI is InChI=1S/C18H16ClNO/c19-16-10-11-18(15-9-5-4-8-14(15)16)21-12-17(20)13-6-2-1-3-7-13/h1-11,17H,12,20H2. The fourth-order valence-corrected chi connectivity index (χ4v) is 2.56. The predicted octanol–water partition coefficient (Wildman–Crippen LogP) is 4.57. The molecule has 106 valence electrons. The maximum absolute atomic E-state index is 6.21. The molecule has 3 aromatic rings. The number of hydrogen-bond donors (Lipinski definition) is 1. The summed E-state index contributed by atoms with van der Waals surface area (Å²) in [5, 5.41) is 2.72. The van der Waals surface area contributed by atoms with Gasteiger partial charge < -0.3 is 10.5 Å². The number of fused-ring (bicyclic) bond motifs is 1. The van der Waals surface area contributed by atoms with Crippen molar-refractivity contribution in [1.29, 1.82) is 0 Å². The number of halogens is 1. The van der Waals surface area contributed by atoms with Crippen LogP contribution in [-0.4, -0.2) is 6.61 Å². The molecule has 0 saturated carbocycles. The van der Waals surface area contributed by atoms with Crippen LogP contribution in [0.1, 0.15) is 11.6 Å². The molecule has 3 aromatic carbocycles. The first-order valence-electron chi connectivity index (χ1n) is 6.86. The summed E-state index contributed by atoms with van der Waals surface area (Å²) >= 11 is 6.21. The predicted molar refractivity (Wildman–Crippen MR) is 87.8 cm³/mol. The van der Waals surface area contributed by atoms with Gasteiger partial charge in [0.15, 0.2) is 0 Å². The van der Waals surface area contributed by atoms with Gasteiger partial charge in [-0.15, -0.1) is 0 Å². The second-order valence-electron chi connectivity index (χ2n) is 4.92. The largest absolute Gasteiger partial charge is 0.491 e. The summed E-state index contributed by atoms with van der Waals surface area (Å²) in [6.07, 6.45) is 0. The van der Waals surface area contributed by atoms with E-state index < -0.39 is 0 Å². The fourth-order valence-electron chi connectivity index (χ4n) is 2.34. The van der Waals surface area contributed by atoms with Crippen molar-refractivity contribution in [2.75, 3.05) is 6.61 Å². The Labute approximate surface area is 129 Å². The average molecular weight is 298 g/mol. The molecule has 0 aliphatic carbocycles. The summed E-state index contributed by atoms with van der Waals surface area (Å²) < 4.78 is 5.91. The number of hydrogen-bond acceptors (Lipinski definition) is 2. The van der Waals surface area contributed by atoms with E-state index in [2.05, 4.69) is 0 Å². The lowest BCUT2D eigenvalue weighted by Gasteiger charge is -2.15. The highest BCUT2D eigenvalue weighted by Gasteiger charge is 2.09. The van der Waals surface area contributed by atoms with Crippen LogP contribution in [0.25, 0.3) is 10.8 Å². The number of benzene rings is 3. The lowest BCUT2D eigenvalue weighted by molar-refractivity contribution is 0.294. The van der Waals surface area contributed by atoms with Gasteiger partial charge in [-0.3, -0.25) is 0 Å². The van der Waals surface area contributed by atoms with Crippen LogP contribution in [0.5, 0.6) is 5.75 Å². The zero-order valence-corrected chi connectivity index (χ0v) is 12.3. The lowest BCUT2D eigenvalue weighted by atomic mass is 10.1. The van der Waals surface area contributed by atoms with Crippen LogP contribution in [0.4, 0.5) is 0 Å². The maximum atomic E-state index is 6.21. The first-order chi connectivity index (χ1) is 10.3. The third kappa shape index (κ3) is 3.02. The van der Waals surface area contributed by atoms with E-state index >= 15 is 0 Å². The van der Waals surface area contributed by atoms with Crippen molar-refractivity contribution in [3.63, 3.8) is 0 Å². The van der Waals surface area contributed by atoms with Crippen molar-refractivity contribution in [3.8, 4) is 5.75 Å². The fraction of sp³-hybridized carbons (Fsp3) is 0.111. The van der Waals surface area contributed by atoms with Crippen LogP contribution < -0.4 is 10.5 Å². The minimum Gasteiger partial charge on any atom is -0.491 e. The average Bonchev–Trinajstić information content (AvgIpc) is 2.55. The van der Waals surface area contributed by atoms with Gasteiger partial charge in [0.25, 0.3) is 0 Å². The highest BCUT2D eigenvalue weighted by Crippen LogP contribution is 2.31. The smallest absolute Gasteiger partial charge is 0.127 e. The van der Waals surface area contributed by atoms with Crippen LogP contribution in [0, 0.1) is 0 Å². The van der Waals surface area contributed by atoms with E-state index in [0.717, 1.165) is 27.1 Å². The van der Waals surface area contributed by atoms with Gasteiger partial charge in [0.1, 0.15) is 12.4 Å². The number of rotatable bonds is 4. The molecule has 0 radical (unpaired) electrons. The highest BCUT2D eigenvalue weighted by molar-refractivity contribution is 6.35. The Morgan fingerprint density at radius 3 is 2.29 bits per heavy atom. The van der Waals surface area contributed by atoms with Crippen LogP contribution in [0.2, 0.25) is 5.02 Å². The van der Waals surface area contributed by atoms with Gasteiger partial charge in [-0.1, -0.05) is 66.2 Å². The summed E-state index contributed by atoms with van der Waals surface area (Å²) in [6, 6.07) is 21.5. The van der Waals surface area contributed by atoms with Crippen LogP contribution in [0.3, 0.4) is 0 Å². The molecule has 0 saturated heterocycles. The van der Waals surface area contributed by atoms with E-state index in [9.17, 15) is 0 Å². The quantitative estimate of drug-likeness (QED) is 0.765. The van der Waals surface area contributed by atoms with Crippen molar-refractivity contribution < 1.29 is 4.74 Å². The normalized spacial score (nSPS) is 12.3. The lowest BCUT2D eigenvalue weighted by Crippen LogP contribution is -2.18. The van der Waals surface area contributed by atoms with Crippen molar-refractivity contribution >= 4 is 22.4 Å². The molecule has 2 N–H and O–H groups in total. The third-order valence-electron chi connectivity index (χ3n) is 3.48. The van der Waals surface area contributed by atoms with Gasteiger partial charge in [-0.2, -0.15) is 0 Å². The Bertz CT molecular complexity index is 743. The Morgan fingerprint density at radius 1 is 0.857 bits per heavy atom. The van der Waals surface area contributed by atoms with Crippen molar-refractivity contribution in [3.05, 3.63) is 77.3 Å². The van der Waals surface area contributed by atoms with E-state index in [1.54, 1.807) is 0 Å². The molecule has 0 bridgehead atoms. The van der Waals surface area contributed by atoms with E-state index in [1.807, 2.05) is 66.7 Å². The molecule has 0 aliphatic rings. The SMILES string of the molecule is NC(COc1ccc(Cl)c2ccccc12)c1ccccc1. The summed E-state index contributed by atoms with van der Waals surface area (Å²) in [7, 11) is 0. The first kappa shape index (κ1) is 13.9. The van der Waals surface area contributed by atoms with Gasteiger partial charge in [0.05, 0.1) is 6.04 Å². The summed E-state index contributed by atoms with van der Waals surface area (Å²) in [5.74, 6) is 0.807. The van der Waals surface area contributed by atoms with Crippen LogP contribution in [-0.2, 0) is 0 Å².